The minimum absolute atomic E-state index is 0.284. The third-order valence-electron chi connectivity index (χ3n) is 2.88. The molecule has 0 amide bonds. The van der Waals surface area contributed by atoms with Gasteiger partial charge in [-0.2, -0.15) is 12.6 Å². The van der Waals surface area contributed by atoms with Gasteiger partial charge >= 0.3 is 0 Å². The molecule has 1 aromatic rings. The molecule has 0 bridgehead atoms. The summed E-state index contributed by atoms with van der Waals surface area (Å²) < 4.78 is 28.5. The maximum absolute atomic E-state index is 11.4. The van der Waals surface area contributed by atoms with E-state index in [-0.39, 0.29) is 4.90 Å². The van der Waals surface area contributed by atoms with Gasteiger partial charge in [-0.3, -0.25) is 0 Å². The molecule has 1 rings (SSSR count). The number of sulfone groups is 1. The molecular weight excluding hydrogens is 268 g/mol. The number of thiol groups is 1. The fourth-order valence-electron chi connectivity index (χ4n) is 1.45. The first kappa shape index (κ1) is 15.4. The molecule has 0 fully saturated rings. The van der Waals surface area contributed by atoms with Gasteiger partial charge in [-0.05, 0) is 29.9 Å². The summed E-state index contributed by atoms with van der Waals surface area (Å²) in [4.78, 5) is 0.284. The molecule has 0 aromatic heterocycles. The predicted octanol–water partition coefficient (Wildman–Crippen LogP) is 2.67. The standard InChI is InChI=1S/C13H20O3S2/c1-10(2)11(9-17)8-16-12-5-4-6-13(7-12)18(3,14)15/h4-7,10-11,17H,8-9H2,1-3H3. The Hall–Kier alpha value is -0.680. The molecule has 0 N–H and O–H groups in total. The third kappa shape index (κ3) is 4.53. The Morgan fingerprint density at radius 3 is 2.50 bits per heavy atom. The monoisotopic (exact) mass is 288 g/mol. The molecule has 1 aromatic carbocycles. The van der Waals surface area contributed by atoms with Crippen molar-refractivity contribution in [1.82, 2.24) is 0 Å². The first-order valence-electron chi connectivity index (χ1n) is 5.88. The molecule has 3 nitrogen and oxygen atoms in total. The minimum atomic E-state index is -3.18. The van der Waals surface area contributed by atoms with E-state index in [0.29, 0.717) is 24.2 Å². The number of hydrogen-bond acceptors (Lipinski definition) is 4. The van der Waals surface area contributed by atoms with Gasteiger partial charge in [0.1, 0.15) is 5.75 Å². The highest BCUT2D eigenvalue weighted by atomic mass is 32.2. The normalized spacial score (nSPS) is 13.6. The average molecular weight is 288 g/mol. The highest BCUT2D eigenvalue weighted by Crippen LogP contribution is 2.20. The van der Waals surface area contributed by atoms with Crippen molar-refractivity contribution in [3.63, 3.8) is 0 Å². The van der Waals surface area contributed by atoms with Crippen LogP contribution < -0.4 is 4.74 Å². The maximum Gasteiger partial charge on any atom is 0.175 e. The fraction of sp³-hybridized carbons (Fsp3) is 0.538. The number of ether oxygens (including phenoxy) is 1. The second-order valence-electron chi connectivity index (χ2n) is 4.74. The number of benzene rings is 1. The van der Waals surface area contributed by atoms with Crippen LogP contribution in [0.5, 0.6) is 5.75 Å². The Morgan fingerprint density at radius 1 is 1.33 bits per heavy atom. The van der Waals surface area contributed by atoms with Crippen LogP contribution in [0.25, 0.3) is 0 Å². The van der Waals surface area contributed by atoms with E-state index in [1.807, 2.05) is 0 Å². The molecule has 0 saturated carbocycles. The van der Waals surface area contributed by atoms with Crippen molar-refractivity contribution in [2.45, 2.75) is 18.7 Å². The van der Waals surface area contributed by atoms with E-state index < -0.39 is 9.84 Å². The van der Waals surface area contributed by atoms with Crippen LogP contribution in [0.3, 0.4) is 0 Å². The second-order valence-corrected chi connectivity index (χ2v) is 7.13. The average Bonchev–Trinajstić information content (AvgIpc) is 2.28. The minimum Gasteiger partial charge on any atom is -0.493 e. The van der Waals surface area contributed by atoms with E-state index >= 15 is 0 Å². The number of hydrogen-bond donors (Lipinski definition) is 1. The first-order chi connectivity index (χ1) is 8.34. The van der Waals surface area contributed by atoms with Crippen LogP contribution in [0, 0.1) is 11.8 Å². The van der Waals surface area contributed by atoms with Gasteiger partial charge in [0.2, 0.25) is 0 Å². The molecular formula is C13H20O3S2. The molecule has 18 heavy (non-hydrogen) atoms. The van der Waals surface area contributed by atoms with Crippen molar-refractivity contribution < 1.29 is 13.2 Å². The van der Waals surface area contributed by atoms with E-state index in [4.69, 9.17) is 4.74 Å². The lowest BCUT2D eigenvalue weighted by Crippen LogP contribution is -2.19. The quantitative estimate of drug-likeness (QED) is 0.818. The van der Waals surface area contributed by atoms with Gasteiger partial charge in [-0.25, -0.2) is 8.42 Å². The Labute approximate surface area is 115 Å². The molecule has 0 heterocycles. The van der Waals surface area contributed by atoms with Gasteiger partial charge in [0, 0.05) is 12.2 Å². The highest BCUT2D eigenvalue weighted by molar-refractivity contribution is 7.90. The largest absolute Gasteiger partial charge is 0.493 e. The van der Waals surface area contributed by atoms with Crippen molar-refractivity contribution in [3.8, 4) is 5.75 Å². The molecule has 0 aliphatic heterocycles. The fourth-order valence-corrected chi connectivity index (χ4v) is 2.64. The topological polar surface area (TPSA) is 43.4 Å². The van der Waals surface area contributed by atoms with Gasteiger partial charge in [-0.15, -0.1) is 0 Å². The molecule has 0 spiro atoms. The molecule has 5 heteroatoms. The summed E-state index contributed by atoms with van der Waals surface area (Å²) in [7, 11) is -3.18. The molecule has 1 atom stereocenters. The van der Waals surface area contributed by atoms with Gasteiger partial charge in [0.25, 0.3) is 0 Å². The zero-order valence-corrected chi connectivity index (χ0v) is 12.7. The lowest BCUT2D eigenvalue weighted by molar-refractivity contribution is 0.226. The van der Waals surface area contributed by atoms with E-state index in [9.17, 15) is 8.42 Å². The van der Waals surface area contributed by atoms with E-state index in [2.05, 4.69) is 26.5 Å². The Balaban J connectivity index is 2.74. The summed E-state index contributed by atoms with van der Waals surface area (Å²) in [6, 6.07) is 6.59. The Kier molecular flexibility index (Phi) is 5.53. The summed E-state index contributed by atoms with van der Waals surface area (Å²) >= 11 is 4.29. The predicted molar refractivity (Wildman–Crippen MR) is 77.2 cm³/mol. The molecule has 0 radical (unpaired) electrons. The first-order valence-corrected chi connectivity index (χ1v) is 8.40. The van der Waals surface area contributed by atoms with Crippen LogP contribution in [0.2, 0.25) is 0 Å². The second kappa shape index (κ2) is 6.48. The number of rotatable bonds is 6. The third-order valence-corrected chi connectivity index (χ3v) is 4.45. The molecule has 0 saturated heterocycles. The maximum atomic E-state index is 11.4. The van der Waals surface area contributed by atoms with Gasteiger partial charge < -0.3 is 4.74 Å². The van der Waals surface area contributed by atoms with Gasteiger partial charge in [0.05, 0.1) is 11.5 Å². The van der Waals surface area contributed by atoms with Gasteiger partial charge in [-0.1, -0.05) is 19.9 Å². The van der Waals surface area contributed by atoms with Crippen molar-refractivity contribution >= 4 is 22.5 Å². The molecule has 0 aliphatic rings. The highest BCUT2D eigenvalue weighted by Gasteiger charge is 2.13. The lowest BCUT2D eigenvalue weighted by atomic mass is 9.99. The van der Waals surface area contributed by atoms with Gasteiger partial charge in [0.15, 0.2) is 9.84 Å². The smallest absolute Gasteiger partial charge is 0.175 e. The van der Waals surface area contributed by atoms with Crippen molar-refractivity contribution in [2.75, 3.05) is 18.6 Å². The lowest BCUT2D eigenvalue weighted by Gasteiger charge is -2.19. The molecule has 1 unspecified atom stereocenters. The van der Waals surface area contributed by atoms with Crippen LogP contribution in [-0.4, -0.2) is 27.0 Å². The zero-order valence-electron chi connectivity index (χ0n) is 11.0. The van der Waals surface area contributed by atoms with Crippen LogP contribution in [0.4, 0.5) is 0 Å². The molecule has 0 aliphatic carbocycles. The SMILES string of the molecule is CC(C)C(CS)COc1cccc(S(C)(=O)=O)c1. The van der Waals surface area contributed by atoms with E-state index in [1.54, 1.807) is 24.3 Å². The Bertz CT molecular complexity index is 481. The van der Waals surface area contributed by atoms with Crippen molar-refractivity contribution in [3.05, 3.63) is 24.3 Å². The summed E-state index contributed by atoms with van der Waals surface area (Å²) in [5, 5.41) is 0. The van der Waals surface area contributed by atoms with Crippen LogP contribution in [0.15, 0.2) is 29.2 Å². The summed E-state index contributed by atoms with van der Waals surface area (Å²) in [6.45, 7) is 4.79. The molecule has 102 valence electrons. The zero-order chi connectivity index (χ0) is 13.8. The van der Waals surface area contributed by atoms with E-state index in [1.165, 1.54) is 6.26 Å². The van der Waals surface area contributed by atoms with Crippen molar-refractivity contribution in [1.29, 1.82) is 0 Å². The summed E-state index contributed by atoms with van der Waals surface area (Å²) in [5.74, 6) is 2.19. The van der Waals surface area contributed by atoms with Crippen LogP contribution >= 0.6 is 12.6 Å². The van der Waals surface area contributed by atoms with Crippen LogP contribution in [0.1, 0.15) is 13.8 Å². The van der Waals surface area contributed by atoms with Crippen molar-refractivity contribution in [2.24, 2.45) is 11.8 Å². The Morgan fingerprint density at radius 2 is 2.00 bits per heavy atom. The van der Waals surface area contributed by atoms with E-state index in [0.717, 1.165) is 5.75 Å². The summed E-state index contributed by atoms with van der Waals surface area (Å²) in [5.41, 5.74) is 0. The summed E-state index contributed by atoms with van der Waals surface area (Å²) in [6.07, 6.45) is 1.19. The van der Waals surface area contributed by atoms with Crippen LogP contribution in [-0.2, 0) is 9.84 Å².